The van der Waals surface area contributed by atoms with Crippen LogP contribution >= 0.6 is 15.9 Å². The molecule has 2 rings (SSSR count). The molecule has 1 heterocycles. The van der Waals surface area contributed by atoms with Crippen LogP contribution < -0.4 is 5.73 Å². The summed E-state index contributed by atoms with van der Waals surface area (Å²) in [6.45, 7) is 17.5. The van der Waals surface area contributed by atoms with Crippen LogP contribution in [-0.2, 0) is 25.9 Å². The number of benzene rings is 1. The van der Waals surface area contributed by atoms with E-state index in [9.17, 15) is 4.79 Å². The zero-order valence-electron chi connectivity index (χ0n) is 19.9. The molecule has 0 radical (unpaired) electrons. The van der Waals surface area contributed by atoms with Crippen LogP contribution in [0.2, 0.25) is 18.1 Å². The highest BCUT2D eigenvalue weighted by atomic mass is 79.9. The number of hydrogen-bond donors (Lipinski definition) is 1. The predicted octanol–water partition coefficient (Wildman–Crippen LogP) is 5.59. The van der Waals surface area contributed by atoms with Gasteiger partial charge in [-0.3, -0.25) is 4.79 Å². The number of fused-ring (bicyclic) bond motifs is 1. The van der Waals surface area contributed by atoms with E-state index in [4.69, 9.17) is 14.9 Å². The lowest BCUT2D eigenvalue weighted by Crippen LogP contribution is -2.46. The lowest BCUT2D eigenvalue weighted by atomic mass is 9.97. The Bertz CT molecular complexity index is 930. The number of primary amides is 1. The molecule has 1 atom stereocenters. The van der Waals surface area contributed by atoms with Gasteiger partial charge in [0.2, 0.25) is 5.91 Å². The standard InChI is InChI=1S/C23H37BrN2O3Si/c1-21(2,3)30(8,9)29-15-23(6,28-7)13-16-14-26(22(4,5)20(25)27)19-11-10-17(24)12-18(16)19/h10-12,14H,13,15H2,1-9H3,(H2,25,27). The van der Waals surface area contributed by atoms with Crippen molar-refractivity contribution in [3.05, 3.63) is 34.4 Å². The van der Waals surface area contributed by atoms with Crippen molar-refractivity contribution in [1.82, 2.24) is 4.57 Å². The molecule has 2 N–H and O–H groups in total. The van der Waals surface area contributed by atoms with Crippen molar-refractivity contribution in [2.24, 2.45) is 5.73 Å². The van der Waals surface area contributed by atoms with Gasteiger partial charge in [-0.05, 0) is 62.7 Å². The van der Waals surface area contributed by atoms with E-state index in [1.165, 1.54) is 0 Å². The van der Waals surface area contributed by atoms with E-state index in [1.807, 2.05) is 36.7 Å². The number of amides is 1. The van der Waals surface area contributed by atoms with E-state index in [1.54, 1.807) is 7.11 Å². The monoisotopic (exact) mass is 496 g/mol. The zero-order chi connectivity index (χ0) is 23.1. The predicted molar refractivity (Wildman–Crippen MR) is 130 cm³/mol. The number of rotatable bonds is 8. The first-order valence-electron chi connectivity index (χ1n) is 10.3. The van der Waals surface area contributed by atoms with Crippen molar-refractivity contribution in [2.45, 2.75) is 77.2 Å². The highest BCUT2D eigenvalue weighted by molar-refractivity contribution is 9.10. The first-order valence-corrected chi connectivity index (χ1v) is 14.0. The Morgan fingerprint density at radius 3 is 2.27 bits per heavy atom. The molecule has 7 heteroatoms. The molecule has 0 aliphatic carbocycles. The average Bonchev–Trinajstić information content (AvgIpc) is 2.97. The SMILES string of the molecule is COC(C)(CO[Si](C)(C)C(C)(C)C)Cc1cn(C(C)(C)C(N)=O)c2ccc(Br)cc12. The third-order valence-corrected chi connectivity index (χ3v) is 11.6. The maximum atomic E-state index is 12.1. The highest BCUT2D eigenvalue weighted by Crippen LogP contribution is 2.38. The van der Waals surface area contributed by atoms with Crippen molar-refractivity contribution >= 4 is 41.1 Å². The van der Waals surface area contributed by atoms with Crippen LogP contribution in [0.25, 0.3) is 10.9 Å². The molecule has 2 aromatic rings. The van der Waals surface area contributed by atoms with Crippen molar-refractivity contribution in [3.63, 3.8) is 0 Å². The van der Waals surface area contributed by atoms with Crippen LogP contribution in [0, 0.1) is 0 Å². The average molecular weight is 498 g/mol. The van der Waals surface area contributed by atoms with Gasteiger partial charge in [-0.25, -0.2) is 0 Å². The van der Waals surface area contributed by atoms with Gasteiger partial charge in [0.05, 0.1) is 12.2 Å². The lowest BCUT2D eigenvalue weighted by molar-refractivity contribution is -0.124. The number of nitrogens with two attached hydrogens (primary N) is 1. The number of carbonyl (C=O) groups excluding carboxylic acids is 1. The summed E-state index contributed by atoms with van der Waals surface area (Å²) < 4.78 is 15.4. The van der Waals surface area contributed by atoms with Crippen LogP contribution in [0.15, 0.2) is 28.9 Å². The van der Waals surface area contributed by atoms with Crippen LogP contribution in [0.4, 0.5) is 0 Å². The van der Waals surface area contributed by atoms with Gasteiger partial charge in [-0.1, -0.05) is 36.7 Å². The Kier molecular flexibility index (Phi) is 7.04. The Morgan fingerprint density at radius 1 is 1.17 bits per heavy atom. The molecule has 0 saturated heterocycles. The minimum atomic E-state index is -1.90. The number of aromatic nitrogens is 1. The van der Waals surface area contributed by atoms with E-state index in [2.05, 4.69) is 62.8 Å². The first kappa shape index (κ1) is 25.1. The topological polar surface area (TPSA) is 66.5 Å². The molecule has 0 spiro atoms. The van der Waals surface area contributed by atoms with E-state index in [-0.39, 0.29) is 10.9 Å². The van der Waals surface area contributed by atoms with E-state index < -0.39 is 19.5 Å². The van der Waals surface area contributed by atoms with Gasteiger partial charge in [0, 0.05) is 35.1 Å². The minimum absolute atomic E-state index is 0.133. The van der Waals surface area contributed by atoms with Crippen LogP contribution in [0.5, 0.6) is 0 Å². The quantitative estimate of drug-likeness (QED) is 0.484. The number of halogens is 1. The van der Waals surface area contributed by atoms with Gasteiger partial charge in [-0.2, -0.15) is 0 Å². The second-order valence-electron chi connectivity index (χ2n) is 10.5. The second-order valence-corrected chi connectivity index (χ2v) is 16.2. The highest BCUT2D eigenvalue weighted by Gasteiger charge is 2.40. The third-order valence-electron chi connectivity index (χ3n) is 6.66. The molecular formula is C23H37BrN2O3Si. The van der Waals surface area contributed by atoms with Crippen molar-refractivity contribution in [3.8, 4) is 0 Å². The van der Waals surface area contributed by atoms with Gasteiger partial charge in [0.1, 0.15) is 5.54 Å². The molecule has 168 valence electrons. The molecule has 1 unspecified atom stereocenters. The number of hydrogen-bond acceptors (Lipinski definition) is 3. The molecule has 0 saturated carbocycles. The number of nitrogens with zero attached hydrogens (tertiary/aromatic N) is 1. The van der Waals surface area contributed by atoms with Crippen LogP contribution in [0.3, 0.4) is 0 Å². The fourth-order valence-corrected chi connectivity index (χ4v) is 4.59. The van der Waals surface area contributed by atoms with Crippen molar-refractivity contribution in [2.75, 3.05) is 13.7 Å². The molecule has 30 heavy (non-hydrogen) atoms. The van der Waals surface area contributed by atoms with Gasteiger partial charge in [0.25, 0.3) is 0 Å². The molecule has 0 aliphatic heterocycles. The van der Waals surface area contributed by atoms with Gasteiger partial charge in [0.15, 0.2) is 8.32 Å². The Morgan fingerprint density at radius 2 is 1.77 bits per heavy atom. The van der Waals surface area contributed by atoms with Gasteiger partial charge < -0.3 is 19.5 Å². The van der Waals surface area contributed by atoms with Crippen LogP contribution in [0.1, 0.15) is 47.1 Å². The fraction of sp³-hybridized carbons (Fsp3) is 0.609. The Labute approximate surface area is 190 Å². The van der Waals surface area contributed by atoms with Crippen molar-refractivity contribution in [1.29, 1.82) is 0 Å². The Hall–Kier alpha value is -1.15. The molecule has 0 aliphatic rings. The first-order chi connectivity index (χ1) is 13.5. The largest absolute Gasteiger partial charge is 0.414 e. The fourth-order valence-electron chi connectivity index (χ4n) is 3.13. The van der Waals surface area contributed by atoms with E-state index in [0.717, 1.165) is 20.9 Å². The second kappa shape index (κ2) is 8.41. The summed E-state index contributed by atoms with van der Waals surface area (Å²) in [6.07, 6.45) is 2.69. The molecule has 1 aromatic heterocycles. The molecule has 0 bridgehead atoms. The number of ether oxygens (including phenoxy) is 1. The van der Waals surface area contributed by atoms with Crippen LogP contribution in [-0.4, -0.2) is 38.1 Å². The van der Waals surface area contributed by atoms with E-state index >= 15 is 0 Å². The summed E-state index contributed by atoms with van der Waals surface area (Å²) in [5, 5.41) is 1.21. The summed E-state index contributed by atoms with van der Waals surface area (Å²) in [6, 6.07) is 6.09. The smallest absolute Gasteiger partial charge is 0.243 e. The normalized spacial score (nSPS) is 15.4. The van der Waals surface area contributed by atoms with Gasteiger partial charge >= 0.3 is 0 Å². The van der Waals surface area contributed by atoms with E-state index in [0.29, 0.717) is 13.0 Å². The number of carbonyl (C=O) groups is 1. The van der Waals surface area contributed by atoms with Gasteiger partial charge in [-0.15, -0.1) is 0 Å². The molecule has 1 amide bonds. The molecule has 5 nitrogen and oxygen atoms in total. The lowest BCUT2D eigenvalue weighted by Gasteiger charge is -2.39. The molecule has 0 fully saturated rings. The maximum absolute atomic E-state index is 12.1. The third kappa shape index (κ3) is 5.01. The summed E-state index contributed by atoms with van der Waals surface area (Å²) in [7, 11) is -0.171. The number of methoxy groups -OCH3 is 1. The molecular weight excluding hydrogens is 460 g/mol. The zero-order valence-corrected chi connectivity index (χ0v) is 22.4. The summed E-state index contributed by atoms with van der Waals surface area (Å²) in [4.78, 5) is 12.1. The summed E-state index contributed by atoms with van der Waals surface area (Å²) in [5.74, 6) is -0.371. The minimum Gasteiger partial charge on any atom is -0.414 e. The van der Waals surface area contributed by atoms with Crippen molar-refractivity contribution < 1.29 is 14.0 Å². The maximum Gasteiger partial charge on any atom is 0.243 e. The Balaban J connectivity index is 2.46. The summed E-state index contributed by atoms with van der Waals surface area (Å²) in [5.41, 5.74) is 6.45. The molecule has 1 aromatic carbocycles. The summed E-state index contributed by atoms with van der Waals surface area (Å²) >= 11 is 3.58.